The van der Waals surface area contributed by atoms with Crippen LogP contribution >= 0.6 is 0 Å². The first-order valence-corrected chi connectivity index (χ1v) is 4.51. The second-order valence-electron chi connectivity index (χ2n) is 2.84. The van der Waals surface area contributed by atoms with Gasteiger partial charge in [0.1, 0.15) is 0 Å². The molecule has 0 N–H and O–H groups in total. The minimum atomic E-state index is -5.02. The van der Waals surface area contributed by atoms with E-state index in [-0.39, 0.29) is 12.4 Å². The van der Waals surface area contributed by atoms with Crippen LogP contribution in [0.5, 0.6) is 11.5 Å². The number of hydrogen-bond acceptors (Lipinski definition) is 4. The molecule has 1 rings (SSSR count). The molecule has 0 aromatic heterocycles. The number of benzene rings is 1. The summed E-state index contributed by atoms with van der Waals surface area (Å²) in [6, 6.07) is 3.29. The van der Waals surface area contributed by atoms with Gasteiger partial charge in [0.05, 0.1) is 11.5 Å². The number of ether oxygens (including phenoxy) is 2. The van der Waals surface area contributed by atoms with Gasteiger partial charge >= 0.3 is 12.0 Å². The van der Waals surface area contributed by atoms with Crippen molar-refractivity contribution in [2.45, 2.75) is 13.3 Å². The fraction of sp³-hybridized carbons (Fsp3) is 0.333. The van der Waals surface area contributed by atoms with Gasteiger partial charge in [0, 0.05) is 6.07 Å². The summed E-state index contributed by atoms with van der Waals surface area (Å²) in [5.41, 5.74) is -0.798. The summed E-state index contributed by atoms with van der Waals surface area (Å²) in [6.45, 7) is 1.60. The van der Waals surface area contributed by atoms with Crippen molar-refractivity contribution in [2.75, 3.05) is 6.61 Å². The molecule has 0 heterocycles. The fourth-order valence-corrected chi connectivity index (χ4v) is 1.14. The number of nitro groups is 1. The minimum absolute atomic E-state index is 0.0649. The van der Waals surface area contributed by atoms with Gasteiger partial charge in [0.25, 0.3) is 0 Å². The molecule has 0 fully saturated rings. The van der Waals surface area contributed by atoms with Crippen molar-refractivity contribution in [3.05, 3.63) is 28.3 Å². The number of alkyl halides is 3. The minimum Gasteiger partial charge on any atom is -0.490 e. The van der Waals surface area contributed by atoms with Crippen LogP contribution in [0.1, 0.15) is 6.92 Å². The average Bonchev–Trinajstić information content (AvgIpc) is 2.18. The van der Waals surface area contributed by atoms with Crippen molar-refractivity contribution in [3.63, 3.8) is 0 Å². The van der Waals surface area contributed by atoms with Crippen molar-refractivity contribution in [2.24, 2.45) is 0 Å². The molecule has 0 unspecified atom stereocenters. The lowest BCUT2D eigenvalue weighted by molar-refractivity contribution is -0.388. The highest BCUT2D eigenvalue weighted by Gasteiger charge is 2.36. The lowest BCUT2D eigenvalue weighted by Gasteiger charge is -2.13. The van der Waals surface area contributed by atoms with Crippen molar-refractivity contribution < 1.29 is 27.6 Å². The maximum Gasteiger partial charge on any atom is 0.573 e. The standard InChI is InChI=1S/C9H8F3NO4/c1-2-16-7-5-3-4-6(13(14)15)8(7)17-9(10,11)12/h3-5H,2H2,1H3. The Labute approximate surface area is 93.9 Å². The highest BCUT2D eigenvalue weighted by molar-refractivity contribution is 5.55. The van der Waals surface area contributed by atoms with Crippen molar-refractivity contribution in [1.29, 1.82) is 0 Å². The van der Waals surface area contributed by atoms with Crippen LogP contribution in [-0.2, 0) is 0 Å². The third kappa shape index (κ3) is 3.51. The number of nitro benzene ring substituents is 1. The predicted molar refractivity (Wildman–Crippen MR) is 50.9 cm³/mol. The Kier molecular flexibility index (Phi) is 3.77. The molecule has 0 aliphatic carbocycles. The normalized spacial score (nSPS) is 11.1. The van der Waals surface area contributed by atoms with E-state index in [2.05, 4.69) is 4.74 Å². The molecule has 0 aliphatic heterocycles. The Hall–Kier alpha value is -1.99. The van der Waals surface area contributed by atoms with Crippen LogP contribution in [0.3, 0.4) is 0 Å². The molecule has 5 nitrogen and oxygen atoms in total. The van der Waals surface area contributed by atoms with Gasteiger partial charge in [0.2, 0.25) is 5.75 Å². The Morgan fingerprint density at radius 1 is 1.41 bits per heavy atom. The van der Waals surface area contributed by atoms with E-state index in [0.29, 0.717) is 0 Å². The topological polar surface area (TPSA) is 61.6 Å². The number of para-hydroxylation sites is 1. The zero-order valence-electron chi connectivity index (χ0n) is 8.65. The lowest BCUT2D eigenvalue weighted by Crippen LogP contribution is -2.18. The van der Waals surface area contributed by atoms with Gasteiger partial charge < -0.3 is 9.47 Å². The van der Waals surface area contributed by atoms with Crippen molar-refractivity contribution >= 4 is 5.69 Å². The Morgan fingerprint density at radius 2 is 2.06 bits per heavy atom. The largest absolute Gasteiger partial charge is 0.573 e. The maximum absolute atomic E-state index is 12.1. The molecule has 0 aliphatic rings. The van der Waals surface area contributed by atoms with Gasteiger partial charge in [-0.3, -0.25) is 10.1 Å². The smallest absolute Gasteiger partial charge is 0.490 e. The molecule has 1 aromatic carbocycles. The third-order valence-electron chi connectivity index (χ3n) is 1.67. The Morgan fingerprint density at radius 3 is 2.53 bits per heavy atom. The maximum atomic E-state index is 12.1. The van der Waals surface area contributed by atoms with Gasteiger partial charge in [-0.05, 0) is 13.0 Å². The van der Waals surface area contributed by atoms with Crippen molar-refractivity contribution in [1.82, 2.24) is 0 Å². The monoisotopic (exact) mass is 251 g/mol. The average molecular weight is 251 g/mol. The van der Waals surface area contributed by atoms with E-state index in [1.165, 1.54) is 13.0 Å². The molecule has 0 atom stereocenters. The SMILES string of the molecule is CCOc1cccc([N+](=O)[O-])c1OC(F)(F)F. The van der Waals surface area contributed by atoms with Gasteiger partial charge in [-0.1, -0.05) is 6.07 Å². The Bertz CT molecular complexity index is 419. The summed E-state index contributed by atoms with van der Waals surface area (Å²) in [5.74, 6) is -1.26. The van der Waals surface area contributed by atoms with E-state index in [4.69, 9.17) is 4.74 Å². The van der Waals surface area contributed by atoms with Crippen LogP contribution in [0.15, 0.2) is 18.2 Å². The summed E-state index contributed by atoms with van der Waals surface area (Å²) in [5, 5.41) is 10.6. The third-order valence-corrected chi connectivity index (χ3v) is 1.67. The fourth-order valence-electron chi connectivity index (χ4n) is 1.14. The second-order valence-corrected chi connectivity index (χ2v) is 2.84. The van der Waals surface area contributed by atoms with Crippen LogP contribution in [-0.4, -0.2) is 17.9 Å². The van der Waals surface area contributed by atoms with Crippen LogP contribution in [0.2, 0.25) is 0 Å². The first-order valence-electron chi connectivity index (χ1n) is 4.51. The molecular formula is C9H8F3NO4. The number of hydrogen-bond donors (Lipinski definition) is 0. The van der Waals surface area contributed by atoms with Crippen LogP contribution in [0, 0.1) is 10.1 Å². The highest BCUT2D eigenvalue weighted by atomic mass is 19.4. The molecule has 0 bridgehead atoms. The van der Waals surface area contributed by atoms with E-state index in [9.17, 15) is 23.3 Å². The van der Waals surface area contributed by atoms with E-state index in [1.54, 1.807) is 0 Å². The number of halogens is 3. The molecule has 8 heteroatoms. The second kappa shape index (κ2) is 4.89. The van der Waals surface area contributed by atoms with Gasteiger partial charge in [-0.2, -0.15) is 0 Å². The summed E-state index contributed by atoms with van der Waals surface area (Å²) in [6.07, 6.45) is -5.02. The van der Waals surface area contributed by atoms with E-state index in [0.717, 1.165) is 12.1 Å². The molecule has 0 saturated carbocycles. The van der Waals surface area contributed by atoms with Crippen LogP contribution < -0.4 is 9.47 Å². The molecular weight excluding hydrogens is 243 g/mol. The van der Waals surface area contributed by atoms with E-state index in [1.807, 2.05) is 0 Å². The molecule has 0 radical (unpaired) electrons. The van der Waals surface area contributed by atoms with Gasteiger partial charge in [-0.15, -0.1) is 13.2 Å². The lowest BCUT2D eigenvalue weighted by atomic mass is 10.3. The number of nitrogens with zero attached hydrogens (tertiary/aromatic N) is 1. The van der Waals surface area contributed by atoms with Crippen LogP contribution in [0.25, 0.3) is 0 Å². The highest BCUT2D eigenvalue weighted by Crippen LogP contribution is 2.39. The quantitative estimate of drug-likeness (QED) is 0.609. The summed E-state index contributed by atoms with van der Waals surface area (Å²) in [7, 11) is 0. The first-order chi connectivity index (χ1) is 7.85. The molecule has 0 saturated heterocycles. The molecule has 17 heavy (non-hydrogen) atoms. The zero-order chi connectivity index (χ0) is 13.1. The number of rotatable bonds is 4. The first kappa shape index (κ1) is 13.1. The predicted octanol–water partition coefficient (Wildman–Crippen LogP) is 2.89. The Balaban J connectivity index is 3.23. The molecule has 94 valence electrons. The van der Waals surface area contributed by atoms with E-state index < -0.39 is 22.7 Å². The summed E-state index contributed by atoms with van der Waals surface area (Å²) < 4.78 is 44.8. The molecule has 0 amide bonds. The van der Waals surface area contributed by atoms with Crippen molar-refractivity contribution in [3.8, 4) is 11.5 Å². The zero-order valence-corrected chi connectivity index (χ0v) is 8.65. The summed E-state index contributed by atoms with van der Waals surface area (Å²) in [4.78, 5) is 9.60. The van der Waals surface area contributed by atoms with Gasteiger partial charge in [-0.25, -0.2) is 0 Å². The van der Waals surface area contributed by atoms with Crippen LogP contribution in [0.4, 0.5) is 18.9 Å². The molecule has 1 aromatic rings. The summed E-state index contributed by atoms with van der Waals surface area (Å²) >= 11 is 0. The van der Waals surface area contributed by atoms with E-state index >= 15 is 0 Å². The molecule has 0 spiro atoms. The van der Waals surface area contributed by atoms with Gasteiger partial charge in [0.15, 0.2) is 5.75 Å².